The Kier molecular flexibility index (Phi) is 5.40. The molecule has 0 saturated heterocycles. The normalized spacial score (nSPS) is 10.8. The van der Waals surface area contributed by atoms with Gasteiger partial charge in [-0.3, -0.25) is 9.36 Å². The number of H-pyrrole nitrogens is 1. The summed E-state index contributed by atoms with van der Waals surface area (Å²) in [5.74, 6) is -0.669. The quantitative estimate of drug-likeness (QED) is 0.453. The lowest BCUT2D eigenvalue weighted by molar-refractivity contribution is 0.612. The zero-order chi connectivity index (χ0) is 22.0. The standard InChI is InChI=1S/C17H13F2NO.C5H5N5/c1-2-12-10-11-6-5-8-14(19)16(11)17(21)20(12)15-9-4-3-7-13(15)18;6-4-3-5(9-1-7-3)10-2-8-4/h3-10H,2H2,1H3;1-2H,(H3,6,7,8,9,10). The molecule has 0 aliphatic carbocycles. The van der Waals surface area contributed by atoms with Gasteiger partial charge in [0.25, 0.3) is 5.56 Å². The van der Waals surface area contributed by atoms with Crippen LogP contribution in [-0.2, 0) is 6.42 Å². The lowest BCUT2D eigenvalue weighted by Gasteiger charge is -2.14. The van der Waals surface area contributed by atoms with E-state index in [-0.39, 0.29) is 11.1 Å². The second-order valence-electron chi connectivity index (χ2n) is 6.65. The number of nitrogens with two attached hydrogens (primary N) is 1. The number of halogens is 2. The smallest absolute Gasteiger partial charge is 0.266 e. The van der Waals surface area contributed by atoms with E-state index >= 15 is 0 Å². The van der Waals surface area contributed by atoms with Crippen molar-refractivity contribution in [2.45, 2.75) is 13.3 Å². The highest BCUT2D eigenvalue weighted by Gasteiger charge is 2.15. The van der Waals surface area contributed by atoms with Crippen molar-refractivity contribution in [3.05, 3.63) is 88.9 Å². The van der Waals surface area contributed by atoms with E-state index < -0.39 is 17.2 Å². The van der Waals surface area contributed by atoms with Crippen LogP contribution in [0.5, 0.6) is 0 Å². The van der Waals surface area contributed by atoms with Gasteiger partial charge >= 0.3 is 0 Å². The van der Waals surface area contributed by atoms with Crippen LogP contribution in [0.1, 0.15) is 12.6 Å². The number of rotatable bonds is 2. The van der Waals surface area contributed by atoms with Crippen molar-refractivity contribution in [2.75, 3.05) is 5.73 Å². The van der Waals surface area contributed by atoms with E-state index in [1.165, 1.54) is 35.4 Å². The molecule has 0 bridgehead atoms. The number of aryl methyl sites for hydroxylation is 1. The van der Waals surface area contributed by atoms with E-state index in [9.17, 15) is 13.6 Å². The van der Waals surface area contributed by atoms with E-state index in [1.54, 1.807) is 30.3 Å². The third kappa shape index (κ3) is 3.73. The van der Waals surface area contributed by atoms with Gasteiger partial charge in [-0.05, 0) is 36.1 Å². The number of aromatic nitrogens is 5. The average Bonchev–Trinajstić information content (AvgIpc) is 3.25. The van der Waals surface area contributed by atoms with Gasteiger partial charge in [0.15, 0.2) is 11.5 Å². The van der Waals surface area contributed by atoms with Gasteiger partial charge in [-0.1, -0.05) is 31.2 Å². The molecule has 0 aliphatic heterocycles. The first-order valence-corrected chi connectivity index (χ1v) is 9.49. The summed E-state index contributed by atoms with van der Waals surface area (Å²) < 4.78 is 29.2. The molecule has 0 unspecified atom stereocenters. The first-order chi connectivity index (χ1) is 15.0. The molecule has 3 heterocycles. The average molecular weight is 420 g/mol. The molecule has 0 radical (unpaired) electrons. The van der Waals surface area contributed by atoms with E-state index in [4.69, 9.17) is 5.73 Å². The number of pyridine rings is 1. The summed E-state index contributed by atoms with van der Waals surface area (Å²) in [6.45, 7) is 1.87. The highest BCUT2D eigenvalue weighted by molar-refractivity contribution is 5.83. The van der Waals surface area contributed by atoms with Crippen LogP contribution in [0.3, 0.4) is 0 Å². The van der Waals surface area contributed by atoms with Gasteiger partial charge in [0, 0.05) is 5.69 Å². The van der Waals surface area contributed by atoms with Gasteiger partial charge in [-0.15, -0.1) is 0 Å². The van der Waals surface area contributed by atoms with Gasteiger partial charge < -0.3 is 10.7 Å². The summed E-state index contributed by atoms with van der Waals surface area (Å²) in [7, 11) is 0. The van der Waals surface area contributed by atoms with Crippen LogP contribution in [0.15, 0.2) is 66.0 Å². The van der Waals surface area contributed by atoms with Crippen LogP contribution in [0.4, 0.5) is 14.6 Å². The van der Waals surface area contributed by atoms with E-state index in [1.807, 2.05) is 6.92 Å². The summed E-state index contributed by atoms with van der Waals surface area (Å²) in [6, 6.07) is 12.2. The van der Waals surface area contributed by atoms with Crippen molar-refractivity contribution < 1.29 is 8.78 Å². The highest BCUT2D eigenvalue weighted by atomic mass is 19.1. The number of fused-ring (bicyclic) bond motifs is 2. The largest absolute Gasteiger partial charge is 0.382 e. The number of nitrogens with one attached hydrogen (secondary N) is 1. The molecule has 0 atom stereocenters. The molecule has 31 heavy (non-hydrogen) atoms. The second kappa shape index (κ2) is 8.31. The Morgan fingerprint density at radius 3 is 2.55 bits per heavy atom. The third-order valence-electron chi connectivity index (χ3n) is 4.78. The van der Waals surface area contributed by atoms with Crippen LogP contribution < -0.4 is 11.3 Å². The minimum atomic E-state index is -0.592. The Balaban J connectivity index is 0.000000192. The SMILES string of the molecule is CCc1cc2cccc(F)c2c(=O)n1-c1ccccc1F.Nc1ncnc2nc[nH]c12. The fourth-order valence-corrected chi connectivity index (χ4v) is 3.31. The maximum Gasteiger partial charge on any atom is 0.266 e. The molecule has 5 rings (SSSR count). The summed E-state index contributed by atoms with van der Waals surface area (Å²) >= 11 is 0. The van der Waals surface area contributed by atoms with Crippen LogP contribution in [0.2, 0.25) is 0 Å². The topological polar surface area (TPSA) is 102 Å². The van der Waals surface area contributed by atoms with Crippen LogP contribution in [0.25, 0.3) is 27.6 Å². The van der Waals surface area contributed by atoms with Crippen molar-refractivity contribution in [1.82, 2.24) is 24.5 Å². The van der Waals surface area contributed by atoms with Crippen molar-refractivity contribution >= 4 is 27.8 Å². The Morgan fingerprint density at radius 1 is 1.03 bits per heavy atom. The van der Waals surface area contributed by atoms with Crippen molar-refractivity contribution in [3.63, 3.8) is 0 Å². The number of para-hydroxylation sites is 1. The molecule has 0 fully saturated rings. The Morgan fingerprint density at radius 2 is 1.81 bits per heavy atom. The number of hydrogen-bond donors (Lipinski definition) is 2. The lowest BCUT2D eigenvalue weighted by Crippen LogP contribution is -2.23. The minimum absolute atomic E-state index is 0.0158. The molecule has 9 heteroatoms. The minimum Gasteiger partial charge on any atom is -0.382 e. The number of nitrogen functional groups attached to an aromatic ring is 1. The zero-order valence-corrected chi connectivity index (χ0v) is 16.5. The maximum absolute atomic E-state index is 14.0. The number of benzene rings is 2. The first kappa shape index (κ1) is 20.1. The molecule has 3 N–H and O–H groups in total. The van der Waals surface area contributed by atoms with Gasteiger partial charge in [-0.2, -0.15) is 0 Å². The number of imidazole rings is 1. The van der Waals surface area contributed by atoms with E-state index in [0.717, 1.165) is 0 Å². The predicted molar refractivity (Wildman–Crippen MR) is 115 cm³/mol. The third-order valence-corrected chi connectivity index (χ3v) is 4.78. The van der Waals surface area contributed by atoms with E-state index in [0.29, 0.717) is 34.5 Å². The van der Waals surface area contributed by atoms with Gasteiger partial charge in [0.05, 0.1) is 17.4 Å². The molecule has 3 aromatic heterocycles. The first-order valence-electron chi connectivity index (χ1n) is 9.49. The second-order valence-corrected chi connectivity index (χ2v) is 6.65. The van der Waals surface area contributed by atoms with Crippen molar-refractivity contribution in [2.24, 2.45) is 0 Å². The fraction of sp³-hybridized carbons (Fsp3) is 0.0909. The monoisotopic (exact) mass is 420 g/mol. The molecule has 0 saturated carbocycles. The zero-order valence-electron chi connectivity index (χ0n) is 16.5. The van der Waals surface area contributed by atoms with Crippen LogP contribution in [-0.4, -0.2) is 24.5 Å². The van der Waals surface area contributed by atoms with Gasteiger partial charge in [0.2, 0.25) is 0 Å². The van der Waals surface area contributed by atoms with Crippen LogP contribution >= 0.6 is 0 Å². The fourth-order valence-electron chi connectivity index (χ4n) is 3.31. The summed E-state index contributed by atoms with van der Waals surface area (Å²) in [6.07, 6.45) is 3.46. The number of hydrogen-bond acceptors (Lipinski definition) is 5. The number of aromatic amines is 1. The van der Waals surface area contributed by atoms with E-state index in [2.05, 4.69) is 19.9 Å². The molecule has 5 aromatic rings. The number of nitrogens with zero attached hydrogens (tertiary/aromatic N) is 4. The lowest BCUT2D eigenvalue weighted by atomic mass is 10.1. The van der Waals surface area contributed by atoms with Crippen LogP contribution in [0, 0.1) is 11.6 Å². The Hall–Kier alpha value is -4.14. The molecule has 0 aliphatic rings. The molecule has 7 nitrogen and oxygen atoms in total. The van der Waals surface area contributed by atoms with Gasteiger partial charge in [0.1, 0.15) is 23.5 Å². The maximum atomic E-state index is 14.0. The molecule has 0 amide bonds. The molecule has 0 spiro atoms. The molecular formula is C22H18F2N6O. The summed E-state index contributed by atoms with van der Waals surface area (Å²) in [5, 5.41) is 0.516. The molecule has 2 aromatic carbocycles. The Bertz CT molecular complexity index is 1440. The number of anilines is 1. The highest BCUT2D eigenvalue weighted by Crippen LogP contribution is 2.20. The predicted octanol–water partition coefficient (Wildman–Crippen LogP) is 3.77. The molecular weight excluding hydrogens is 402 g/mol. The van der Waals surface area contributed by atoms with Crippen molar-refractivity contribution in [1.29, 1.82) is 0 Å². The van der Waals surface area contributed by atoms with Gasteiger partial charge in [-0.25, -0.2) is 23.7 Å². The van der Waals surface area contributed by atoms with Crippen molar-refractivity contribution in [3.8, 4) is 5.69 Å². The summed E-state index contributed by atoms with van der Waals surface area (Å²) in [5.41, 5.74) is 7.03. The Labute approximate surface area is 175 Å². The summed E-state index contributed by atoms with van der Waals surface area (Å²) in [4.78, 5) is 27.0. The molecule has 156 valence electrons.